The van der Waals surface area contributed by atoms with E-state index in [2.05, 4.69) is 26.3 Å². The average Bonchev–Trinajstić information content (AvgIpc) is 2.95. The normalized spacial score (nSPS) is 10.1. The van der Waals surface area contributed by atoms with Crippen molar-refractivity contribution in [2.75, 3.05) is 6.54 Å². The number of hydrogen-bond acceptors (Lipinski definition) is 3. The number of H-pyrrole nitrogens is 1. The number of pyridine rings is 1. The Bertz CT molecular complexity index is 727. The number of carbonyl (C=O) groups is 1. The Morgan fingerprint density at radius 2 is 2.19 bits per heavy atom. The molecule has 0 saturated heterocycles. The zero-order valence-electron chi connectivity index (χ0n) is 11.2. The number of aromatic nitrogens is 3. The minimum Gasteiger partial charge on any atom is -0.352 e. The van der Waals surface area contributed by atoms with Gasteiger partial charge in [-0.3, -0.25) is 9.78 Å². The Labute approximate surface area is 128 Å². The van der Waals surface area contributed by atoms with Crippen molar-refractivity contribution in [3.8, 4) is 0 Å². The first-order valence-corrected chi connectivity index (χ1v) is 6.43. The third kappa shape index (κ3) is 3.58. The number of imidazole rings is 1. The van der Waals surface area contributed by atoms with Gasteiger partial charge in [0.15, 0.2) is 0 Å². The van der Waals surface area contributed by atoms with E-state index in [9.17, 15) is 4.79 Å². The number of hydrogen-bond donors (Lipinski definition) is 2. The molecular weight excluding hydrogens is 288 g/mol. The molecule has 0 fully saturated rings. The second-order valence-corrected chi connectivity index (χ2v) is 4.50. The van der Waals surface area contributed by atoms with Crippen molar-refractivity contribution in [1.82, 2.24) is 20.3 Å². The van der Waals surface area contributed by atoms with E-state index in [1.807, 2.05) is 12.1 Å². The van der Waals surface area contributed by atoms with Gasteiger partial charge >= 0.3 is 0 Å². The fraction of sp³-hybridized carbons (Fsp3) is 0.133. The van der Waals surface area contributed by atoms with E-state index in [0.29, 0.717) is 12.1 Å². The van der Waals surface area contributed by atoms with Crippen molar-refractivity contribution in [1.29, 1.82) is 0 Å². The van der Waals surface area contributed by atoms with Gasteiger partial charge in [-0.05, 0) is 36.2 Å². The number of fused-ring (bicyclic) bond motifs is 1. The maximum atomic E-state index is 11.8. The Morgan fingerprint density at radius 1 is 1.29 bits per heavy atom. The third-order valence-electron chi connectivity index (χ3n) is 3.11. The summed E-state index contributed by atoms with van der Waals surface area (Å²) in [5, 5.41) is 2.88. The largest absolute Gasteiger partial charge is 0.352 e. The summed E-state index contributed by atoms with van der Waals surface area (Å²) in [7, 11) is 0. The zero-order chi connectivity index (χ0) is 13.8. The van der Waals surface area contributed by atoms with Crippen LogP contribution in [0.3, 0.4) is 0 Å². The van der Waals surface area contributed by atoms with Crippen LogP contribution >= 0.6 is 12.4 Å². The highest BCUT2D eigenvalue weighted by molar-refractivity contribution is 5.93. The van der Waals surface area contributed by atoms with Crippen molar-refractivity contribution < 1.29 is 4.79 Å². The molecular formula is C15H15ClN4O. The molecule has 0 aliphatic rings. The maximum absolute atomic E-state index is 11.8. The molecule has 0 aliphatic heterocycles. The van der Waals surface area contributed by atoms with E-state index in [-0.39, 0.29) is 18.3 Å². The Morgan fingerprint density at radius 3 is 3.00 bits per heavy atom. The van der Waals surface area contributed by atoms with Crippen LogP contribution in [0, 0.1) is 0 Å². The molecule has 108 valence electrons. The van der Waals surface area contributed by atoms with Gasteiger partial charge in [0.25, 0.3) is 5.91 Å². The molecule has 1 aromatic carbocycles. The molecule has 5 nitrogen and oxygen atoms in total. The molecule has 0 aliphatic carbocycles. The van der Waals surface area contributed by atoms with Gasteiger partial charge in [0.05, 0.1) is 22.9 Å². The first-order valence-electron chi connectivity index (χ1n) is 6.43. The van der Waals surface area contributed by atoms with Gasteiger partial charge in [-0.15, -0.1) is 12.4 Å². The fourth-order valence-corrected chi connectivity index (χ4v) is 2.06. The summed E-state index contributed by atoms with van der Waals surface area (Å²) in [5.74, 6) is -0.0966. The average molecular weight is 303 g/mol. The van der Waals surface area contributed by atoms with Gasteiger partial charge in [-0.1, -0.05) is 6.07 Å². The summed E-state index contributed by atoms with van der Waals surface area (Å²) >= 11 is 0. The monoisotopic (exact) mass is 302 g/mol. The van der Waals surface area contributed by atoms with E-state index < -0.39 is 0 Å². The van der Waals surface area contributed by atoms with E-state index in [0.717, 1.165) is 23.0 Å². The van der Waals surface area contributed by atoms with Crippen LogP contribution in [0.25, 0.3) is 11.0 Å². The van der Waals surface area contributed by atoms with Crippen LogP contribution in [-0.2, 0) is 6.42 Å². The lowest BCUT2D eigenvalue weighted by molar-refractivity contribution is 0.0954. The van der Waals surface area contributed by atoms with Crippen LogP contribution in [0.1, 0.15) is 15.9 Å². The van der Waals surface area contributed by atoms with Crippen LogP contribution < -0.4 is 5.32 Å². The molecule has 0 atom stereocenters. The second-order valence-electron chi connectivity index (χ2n) is 4.50. The van der Waals surface area contributed by atoms with Crippen LogP contribution in [0.2, 0.25) is 0 Å². The molecule has 0 spiro atoms. The smallest absolute Gasteiger partial charge is 0.252 e. The number of amides is 1. The molecule has 21 heavy (non-hydrogen) atoms. The van der Waals surface area contributed by atoms with Crippen LogP contribution in [0.4, 0.5) is 0 Å². The minimum atomic E-state index is -0.0966. The van der Waals surface area contributed by atoms with Gasteiger partial charge in [0.1, 0.15) is 0 Å². The van der Waals surface area contributed by atoms with Crippen molar-refractivity contribution in [2.24, 2.45) is 0 Å². The molecule has 0 unspecified atom stereocenters. The van der Waals surface area contributed by atoms with E-state index in [1.165, 1.54) is 0 Å². The van der Waals surface area contributed by atoms with Crippen molar-refractivity contribution in [3.63, 3.8) is 0 Å². The molecule has 0 saturated carbocycles. The van der Waals surface area contributed by atoms with Gasteiger partial charge in [-0.25, -0.2) is 4.98 Å². The third-order valence-corrected chi connectivity index (χ3v) is 3.11. The molecule has 2 heterocycles. The highest BCUT2D eigenvalue weighted by Crippen LogP contribution is 2.11. The molecule has 3 aromatic rings. The SMILES string of the molecule is Cl.O=C(NCCc1ccc2nc[nH]c2c1)c1cccnc1. The summed E-state index contributed by atoms with van der Waals surface area (Å²) in [6.07, 6.45) is 5.67. The van der Waals surface area contributed by atoms with E-state index in [4.69, 9.17) is 0 Å². The van der Waals surface area contributed by atoms with Gasteiger partial charge in [-0.2, -0.15) is 0 Å². The minimum absolute atomic E-state index is 0. The Hall–Kier alpha value is -2.40. The molecule has 2 N–H and O–H groups in total. The predicted octanol–water partition coefficient (Wildman–Crippen LogP) is 2.35. The maximum Gasteiger partial charge on any atom is 0.252 e. The lowest BCUT2D eigenvalue weighted by Crippen LogP contribution is -2.25. The standard InChI is InChI=1S/C15H14N4O.ClH/c20-15(12-2-1-6-16-9-12)17-7-5-11-3-4-13-14(8-11)19-10-18-13;/h1-4,6,8-10H,5,7H2,(H,17,20)(H,18,19);1H. The fourth-order valence-electron chi connectivity index (χ4n) is 2.06. The number of nitrogens with zero attached hydrogens (tertiary/aromatic N) is 2. The molecule has 6 heteroatoms. The lowest BCUT2D eigenvalue weighted by atomic mass is 10.1. The number of rotatable bonds is 4. The summed E-state index contributed by atoms with van der Waals surface area (Å²) in [4.78, 5) is 23.0. The summed E-state index contributed by atoms with van der Waals surface area (Å²) in [6, 6.07) is 9.56. The molecule has 3 rings (SSSR count). The van der Waals surface area contributed by atoms with Crippen LogP contribution in [-0.4, -0.2) is 27.4 Å². The molecule has 1 amide bonds. The van der Waals surface area contributed by atoms with Crippen LogP contribution in [0.15, 0.2) is 49.1 Å². The van der Waals surface area contributed by atoms with Gasteiger partial charge < -0.3 is 10.3 Å². The summed E-state index contributed by atoms with van der Waals surface area (Å²) in [5.41, 5.74) is 3.71. The first kappa shape index (κ1) is 15.0. The van der Waals surface area contributed by atoms with Crippen LogP contribution in [0.5, 0.6) is 0 Å². The van der Waals surface area contributed by atoms with Gasteiger partial charge in [0.2, 0.25) is 0 Å². The Balaban J connectivity index is 0.00000161. The summed E-state index contributed by atoms with van der Waals surface area (Å²) in [6.45, 7) is 0.591. The molecule has 0 bridgehead atoms. The predicted molar refractivity (Wildman–Crippen MR) is 83.6 cm³/mol. The quantitative estimate of drug-likeness (QED) is 0.777. The topological polar surface area (TPSA) is 70.7 Å². The highest BCUT2D eigenvalue weighted by atomic mass is 35.5. The number of benzene rings is 1. The summed E-state index contributed by atoms with van der Waals surface area (Å²) < 4.78 is 0. The number of halogens is 1. The van der Waals surface area contributed by atoms with E-state index >= 15 is 0 Å². The number of nitrogens with one attached hydrogen (secondary N) is 2. The number of aromatic amines is 1. The zero-order valence-corrected chi connectivity index (χ0v) is 12.1. The number of carbonyl (C=O) groups excluding carboxylic acids is 1. The van der Waals surface area contributed by atoms with Gasteiger partial charge in [0, 0.05) is 18.9 Å². The second kappa shape index (κ2) is 6.85. The first-order chi connectivity index (χ1) is 9.83. The lowest BCUT2D eigenvalue weighted by Gasteiger charge is -2.05. The molecule has 2 aromatic heterocycles. The van der Waals surface area contributed by atoms with Crippen molar-refractivity contribution in [3.05, 3.63) is 60.2 Å². The van der Waals surface area contributed by atoms with Crippen molar-refractivity contribution in [2.45, 2.75) is 6.42 Å². The van der Waals surface area contributed by atoms with Crippen molar-refractivity contribution >= 4 is 29.3 Å². The molecule has 0 radical (unpaired) electrons. The highest BCUT2D eigenvalue weighted by Gasteiger charge is 2.04. The van der Waals surface area contributed by atoms with E-state index in [1.54, 1.807) is 30.9 Å². The Kier molecular flexibility index (Phi) is 4.90.